The third-order valence-electron chi connectivity index (χ3n) is 4.82. The van der Waals surface area contributed by atoms with E-state index in [0.717, 1.165) is 18.6 Å². The molecule has 6 heteroatoms. The molecule has 0 saturated carbocycles. The fraction of sp³-hybridized carbons (Fsp3) is 0.632. The van der Waals surface area contributed by atoms with Gasteiger partial charge in [-0.1, -0.05) is 26.0 Å². The van der Waals surface area contributed by atoms with Crippen molar-refractivity contribution in [3.8, 4) is 5.75 Å². The Morgan fingerprint density at radius 2 is 1.88 bits per heavy atom. The van der Waals surface area contributed by atoms with Gasteiger partial charge in [-0.3, -0.25) is 4.79 Å². The monoisotopic (exact) mass is 370 g/mol. The van der Waals surface area contributed by atoms with E-state index < -0.39 is 6.04 Å². The molecule has 5 nitrogen and oxygen atoms in total. The number of halogens is 1. The van der Waals surface area contributed by atoms with Crippen molar-refractivity contribution in [2.75, 3.05) is 26.9 Å². The van der Waals surface area contributed by atoms with Gasteiger partial charge in [0.25, 0.3) is 0 Å². The third kappa shape index (κ3) is 5.87. The van der Waals surface area contributed by atoms with Crippen molar-refractivity contribution >= 4 is 18.3 Å². The Morgan fingerprint density at radius 3 is 2.40 bits per heavy atom. The molecule has 0 aliphatic carbocycles. The number of benzene rings is 1. The van der Waals surface area contributed by atoms with Gasteiger partial charge in [-0.2, -0.15) is 0 Å². The van der Waals surface area contributed by atoms with Crippen LogP contribution in [-0.4, -0.2) is 38.8 Å². The molecule has 142 valence electrons. The maximum atomic E-state index is 12.3. The van der Waals surface area contributed by atoms with Crippen LogP contribution in [-0.2, 0) is 14.9 Å². The summed E-state index contributed by atoms with van der Waals surface area (Å²) in [6.45, 7) is 6.15. The van der Waals surface area contributed by atoms with Crippen LogP contribution in [0.3, 0.4) is 0 Å². The predicted octanol–water partition coefficient (Wildman–Crippen LogP) is 2.65. The number of carbonyl (C=O) groups excluding carboxylic acids is 1. The van der Waals surface area contributed by atoms with Crippen molar-refractivity contribution in [2.45, 2.75) is 44.6 Å². The molecule has 25 heavy (non-hydrogen) atoms. The molecule has 1 atom stereocenters. The van der Waals surface area contributed by atoms with Gasteiger partial charge in [0.2, 0.25) is 5.91 Å². The van der Waals surface area contributed by atoms with E-state index in [9.17, 15) is 4.79 Å². The van der Waals surface area contributed by atoms with Crippen LogP contribution in [0.4, 0.5) is 0 Å². The molecule has 0 radical (unpaired) electrons. The van der Waals surface area contributed by atoms with Crippen LogP contribution in [0, 0.1) is 5.92 Å². The first-order chi connectivity index (χ1) is 11.5. The van der Waals surface area contributed by atoms with Gasteiger partial charge in [0.15, 0.2) is 0 Å². The number of nitrogens with two attached hydrogens (primary N) is 1. The number of hydrogen-bond acceptors (Lipinski definition) is 4. The number of rotatable bonds is 7. The van der Waals surface area contributed by atoms with E-state index >= 15 is 0 Å². The summed E-state index contributed by atoms with van der Waals surface area (Å²) in [4.78, 5) is 12.3. The highest BCUT2D eigenvalue weighted by Crippen LogP contribution is 2.35. The minimum absolute atomic E-state index is 0. The maximum absolute atomic E-state index is 12.3. The van der Waals surface area contributed by atoms with Crippen molar-refractivity contribution in [1.29, 1.82) is 0 Å². The molecule has 0 unspecified atom stereocenters. The molecule has 1 amide bonds. The third-order valence-corrected chi connectivity index (χ3v) is 4.82. The van der Waals surface area contributed by atoms with Crippen molar-refractivity contribution in [3.05, 3.63) is 29.8 Å². The lowest BCUT2D eigenvalue weighted by atomic mass is 9.74. The average Bonchev–Trinajstić information content (AvgIpc) is 2.60. The van der Waals surface area contributed by atoms with E-state index in [1.807, 2.05) is 12.1 Å². The molecule has 3 N–H and O–H groups in total. The summed E-state index contributed by atoms with van der Waals surface area (Å²) >= 11 is 0. The van der Waals surface area contributed by atoms with Crippen molar-refractivity contribution in [1.82, 2.24) is 5.32 Å². The van der Waals surface area contributed by atoms with Crippen molar-refractivity contribution in [3.63, 3.8) is 0 Å². The van der Waals surface area contributed by atoms with Crippen LogP contribution in [0.25, 0.3) is 0 Å². The van der Waals surface area contributed by atoms with Crippen LogP contribution in [0.5, 0.6) is 5.75 Å². The van der Waals surface area contributed by atoms with Crippen LogP contribution < -0.4 is 15.8 Å². The van der Waals surface area contributed by atoms with Crippen molar-refractivity contribution in [2.24, 2.45) is 11.7 Å². The molecule has 1 aromatic rings. The summed E-state index contributed by atoms with van der Waals surface area (Å²) in [6, 6.07) is 7.67. The summed E-state index contributed by atoms with van der Waals surface area (Å²) in [6.07, 6.45) is 2.47. The summed E-state index contributed by atoms with van der Waals surface area (Å²) in [5.74, 6) is 1.18. The Balaban J connectivity index is 0.00000312. The van der Waals surface area contributed by atoms with Crippen molar-refractivity contribution < 1.29 is 14.3 Å². The Bertz CT molecular complexity index is 528. The minimum atomic E-state index is -0.447. The van der Waals surface area contributed by atoms with E-state index in [-0.39, 0.29) is 23.7 Å². The van der Waals surface area contributed by atoms with E-state index in [0.29, 0.717) is 32.1 Å². The zero-order valence-electron chi connectivity index (χ0n) is 15.4. The molecule has 0 aromatic heterocycles. The number of ether oxygens (including phenoxy) is 2. The summed E-state index contributed by atoms with van der Waals surface area (Å²) in [5.41, 5.74) is 7.11. The molecule has 1 heterocycles. The number of nitrogens with one attached hydrogen (secondary N) is 1. The average molecular weight is 371 g/mol. The lowest BCUT2D eigenvalue weighted by Crippen LogP contribution is -2.49. The Labute approximate surface area is 157 Å². The molecule has 1 aromatic carbocycles. The van der Waals surface area contributed by atoms with Gasteiger partial charge in [-0.05, 0) is 42.9 Å². The fourth-order valence-corrected chi connectivity index (χ4v) is 3.28. The highest BCUT2D eigenvalue weighted by atomic mass is 35.5. The smallest absolute Gasteiger partial charge is 0.236 e. The molecule has 1 fully saturated rings. The summed E-state index contributed by atoms with van der Waals surface area (Å²) in [5, 5.41) is 3.07. The Hall–Kier alpha value is -1.30. The minimum Gasteiger partial charge on any atom is -0.497 e. The quantitative estimate of drug-likeness (QED) is 0.773. The number of methoxy groups -OCH3 is 1. The second kappa shape index (κ2) is 10.00. The normalized spacial score (nSPS) is 17.5. The Morgan fingerprint density at radius 1 is 1.28 bits per heavy atom. The topological polar surface area (TPSA) is 73.6 Å². The van der Waals surface area contributed by atoms with Gasteiger partial charge in [0.1, 0.15) is 5.75 Å². The highest BCUT2D eigenvalue weighted by molar-refractivity contribution is 5.85. The second-order valence-corrected chi connectivity index (χ2v) is 7.08. The van der Waals surface area contributed by atoms with E-state index in [2.05, 4.69) is 31.3 Å². The lowest BCUT2D eigenvalue weighted by Gasteiger charge is -2.38. The zero-order chi connectivity index (χ0) is 17.6. The standard InChI is InChI=1S/C19H30N2O3.ClH/c1-14(2)12-17(20)18(22)21-13-19(8-10-24-11-9-19)15-4-6-16(23-3)7-5-15;/h4-7,14,17H,8-13,20H2,1-3H3,(H,21,22);1H/t17-;/m0./s1. The van der Waals surface area contributed by atoms with Crippen LogP contribution in [0.1, 0.15) is 38.7 Å². The lowest BCUT2D eigenvalue weighted by molar-refractivity contribution is -0.123. The zero-order valence-corrected chi connectivity index (χ0v) is 16.2. The first-order valence-electron chi connectivity index (χ1n) is 8.72. The SMILES string of the molecule is COc1ccc(C2(CNC(=O)[C@@H](N)CC(C)C)CCOCC2)cc1.Cl. The van der Waals surface area contributed by atoms with Crippen LogP contribution in [0.15, 0.2) is 24.3 Å². The largest absolute Gasteiger partial charge is 0.497 e. The first kappa shape index (κ1) is 21.7. The maximum Gasteiger partial charge on any atom is 0.236 e. The van der Waals surface area contributed by atoms with Gasteiger partial charge < -0.3 is 20.5 Å². The first-order valence-corrected chi connectivity index (χ1v) is 8.72. The van der Waals surface area contributed by atoms with Gasteiger partial charge >= 0.3 is 0 Å². The number of hydrogen-bond donors (Lipinski definition) is 2. The van der Waals surface area contributed by atoms with Crippen LogP contribution in [0.2, 0.25) is 0 Å². The van der Waals surface area contributed by atoms with Gasteiger partial charge in [0.05, 0.1) is 13.2 Å². The molecule has 1 aliphatic heterocycles. The number of amides is 1. The second-order valence-electron chi connectivity index (χ2n) is 7.08. The molecule has 1 aliphatic rings. The van der Waals surface area contributed by atoms with E-state index in [1.54, 1.807) is 7.11 Å². The molecule has 2 rings (SSSR count). The van der Waals surface area contributed by atoms with Gasteiger partial charge in [-0.25, -0.2) is 0 Å². The molecule has 1 saturated heterocycles. The highest BCUT2D eigenvalue weighted by Gasteiger charge is 2.35. The molecule has 0 spiro atoms. The fourth-order valence-electron chi connectivity index (χ4n) is 3.28. The van der Waals surface area contributed by atoms with Crippen LogP contribution >= 0.6 is 12.4 Å². The van der Waals surface area contributed by atoms with Gasteiger partial charge in [0, 0.05) is 25.2 Å². The Kier molecular flexibility index (Phi) is 8.69. The van der Waals surface area contributed by atoms with E-state index in [4.69, 9.17) is 15.2 Å². The van der Waals surface area contributed by atoms with Gasteiger partial charge in [-0.15, -0.1) is 12.4 Å². The molecule has 0 bridgehead atoms. The predicted molar refractivity (Wildman–Crippen MR) is 102 cm³/mol. The molecular formula is C19H31ClN2O3. The molecular weight excluding hydrogens is 340 g/mol. The summed E-state index contributed by atoms with van der Waals surface area (Å²) in [7, 11) is 1.66. The van der Waals surface area contributed by atoms with E-state index in [1.165, 1.54) is 5.56 Å². The number of carbonyl (C=O) groups is 1. The summed E-state index contributed by atoms with van der Waals surface area (Å²) < 4.78 is 10.8.